The number of allylic oxidation sites excluding steroid dienone is 1. The van der Waals surface area contributed by atoms with Gasteiger partial charge in [-0.1, -0.05) is 46.9 Å². The monoisotopic (exact) mass is 666 g/mol. The maximum Gasteiger partial charge on any atom is 0.282 e. The van der Waals surface area contributed by atoms with Crippen LogP contribution in [0.5, 0.6) is 0 Å². The van der Waals surface area contributed by atoms with Gasteiger partial charge < -0.3 is 9.80 Å². The molecule has 226 valence electrons. The number of hydrogen-bond acceptors (Lipinski definition) is 6. The van der Waals surface area contributed by atoms with Crippen molar-refractivity contribution in [2.45, 2.75) is 25.3 Å². The molecule has 0 atom stereocenters. The Kier molecular flexibility index (Phi) is 8.24. The Hall–Kier alpha value is -3.21. The molecule has 12 heteroatoms. The Morgan fingerprint density at radius 1 is 0.886 bits per heavy atom. The number of benzene rings is 2. The van der Waals surface area contributed by atoms with E-state index < -0.39 is 0 Å². The third-order valence-corrected chi connectivity index (χ3v) is 10.1. The Morgan fingerprint density at radius 3 is 2.34 bits per heavy atom. The lowest BCUT2D eigenvalue weighted by Gasteiger charge is -2.47. The number of fused-ring (bicyclic) bond motifs is 1. The maximum atomic E-state index is 14.0. The molecule has 2 aliphatic heterocycles. The van der Waals surface area contributed by atoms with Crippen LogP contribution < -0.4 is 0 Å². The van der Waals surface area contributed by atoms with Gasteiger partial charge in [0.15, 0.2) is 10.7 Å². The summed E-state index contributed by atoms with van der Waals surface area (Å²) in [6.07, 6.45) is 6.33. The molecule has 1 aliphatic carbocycles. The first-order chi connectivity index (χ1) is 21.4. The van der Waals surface area contributed by atoms with Crippen molar-refractivity contribution in [3.8, 4) is 5.69 Å². The molecular weight excluding hydrogens is 639 g/mol. The zero-order valence-corrected chi connectivity index (χ0v) is 26.8. The molecule has 0 N–H and O–H groups in total. The van der Waals surface area contributed by atoms with Crippen LogP contribution in [0.25, 0.3) is 17.3 Å². The molecule has 0 saturated carbocycles. The molecule has 2 aromatic heterocycles. The minimum atomic E-state index is -0.0633. The van der Waals surface area contributed by atoms with Crippen molar-refractivity contribution in [1.29, 1.82) is 0 Å². The van der Waals surface area contributed by atoms with Gasteiger partial charge in [-0.25, -0.2) is 9.67 Å². The molecule has 7 rings (SSSR count). The molecule has 3 aliphatic rings. The summed E-state index contributed by atoms with van der Waals surface area (Å²) < 4.78 is 1.82. The van der Waals surface area contributed by atoms with Gasteiger partial charge in [0.1, 0.15) is 0 Å². The molecular formula is C32H29Cl3N6O2S. The number of likely N-dealkylation sites (tertiary alicyclic amines) is 1. The summed E-state index contributed by atoms with van der Waals surface area (Å²) in [7, 11) is 0. The van der Waals surface area contributed by atoms with Gasteiger partial charge in [0.25, 0.3) is 11.8 Å². The number of aromatic nitrogens is 3. The molecule has 0 bridgehead atoms. The second-order valence-electron chi connectivity index (χ2n) is 11.3. The van der Waals surface area contributed by atoms with Gasteiger partial charge in [0, 0.05) is 72.5 Å². The van der Waals surface area contributed by atoms with E-state index in [-0.39, 0.29) is 17.9 Å². The predicted octanol–water partition coefficient (Wildman–Crippen LogP) is 6.45. The quantitative estimate of drug-likeness (QED) is 0.245. The first-order valence-corrected chi connectivity index (χ1v) is 16.6. The Labute approximate surface area is 274 Å². The third-order valence-electron chi connectivity index (χ3n) is 8.59. The average Bonchev–Trinajstić information content (AvgIpc) is 3.67. The number of thiazole rings is 1. The Balaban J connectivity index is 1.12. The van der Waals surface area contributed by atoms with Gasteiger partial charge in [-0.3, -0.25) is 14.5 Å². The van der Waals surface area contributed by atoms with Crippen LogP contribution in [0.3, 0.4) is 0 Å². The van der Waals surface area contributed by atoms with Gasteiger partial charge in [0.05, 0.1) is 16.4 Å². The summed E-state index contributed by atoms with van der Waals surface area (Å²) in [6.45, 7) is 4.15. The van der Waals surface area contributed by atoms with E-state index in [0.29, 0.717) is 57.6 Å². The number of amides is 2. The zero-order chi connectivity index (χ0) is 30.4. The minimum Gasteiger partial charge on any atom is -0.334 e. The van der Waals surface area contributed by atoms with E-state index in [1.165, 1.54) is 11.3 Å². The molecule has 44 heavy (non-hydrogen) atoms. The van der Waals surface area contributed by atoms with Crippen molar-refractivity contribution in [2.75, 3.05) is 39.3 Å². The summed E-state index contributed by atoms with van der Waals surface area (Å²) in [5, 5.41) is 8.97. The summed E-state index contributed by atoms with van der Waals surface area (Å²) >= 11 is 20.4. The molecule has 4 aromatic rings. The molecule has 0 radical (unpaired) electrons. The number of hydrogen-bond donors (Lipinski definition) is 0. The van der Waals surface area contributed by atoms with E-state index >= 15 is 0 Å². The zero-order valence-electron chi connectivity index (χ0n) is 23.8. The lowest BCUT2D eigenvalue weighted by Crippen LogP contribution is -2.64. The fourth-order valence-corrected chi connectivity index (χ4v) is 7.46. The highest BCUT2D eigenvalue weighted by Gasteiger charge is 2.40. The fraction of sp³-hybridized carbons (Fsp3) is 0.312. The number of carbonyl (C=O) groups is 2. The second-order valence-corrected chi connectivity index (χ2v) is 13.5. The van der Waals surface area contributed by atoms with Crippen LogP contribution in [-0.2, 0) is 6.42 Å². The molecule has 2 fully saturated rings. The smallest absolute Gasteiger partial charge is 0.282 e. The van der Waals surface area contributed by atoms with Gasteiger partial charge in [-0.05, 0) is 66.8 Å². The van der Waals surface area contributed by atoms with Crippen LogP contribution in [0.15, 0.2) is 54.0 Å². The molecule has 0 unspecified atom stereocenters. The number of rotatable bonds is 5. The number of nitrogens with zero attached hydrogens (tertiary/aromatic N) is 6. The van der Waals surface area contributed by atoms with E-state index in [9.17, 15) is 9.59 Å². The number of halogens is 3. The van der Waals surface area contributed by atoms with Gasteiger partial charge in [-0.2, -0.15) is 5.10 Å². The van der Waals surface area contributed by atoms with Crippen LogP contribution >= 0.6 is 46.1 Å². The molecule has 0 spiro atoms. The molecule has 8 nitrogen and oxygen atoms in total. The van der Waals surface area contributed by atoms with Crippen molar-refractivity contribution >= 4 is 69.6 Å². The normalized spacial score (nSPS) is 18.4. The van der Waals surface area contributed by atoms with E-state index in [0.717, 1.165) is 54.7 Å². The Morgan fingerprint density at radius 2 is 1.64 bits per heavy atom. The van der Waals surface area contributed by atoms with E-state index in [1.807, 2.05) is 50.2 Å². The fourth-order valence-electron chi connectivity index (χ4n) is 6.25. The van der Waals surface area contributed by atoms with E-state index in [1.54, 1.807) is 18.3 Å². The van der Waals surface area contributed by atoms with Crippen molar-refractivity contribution in [3.05, 3.63) is 96.6 Å². The number of carbonyl (C=O) groups excluding carboxylic acids is 2. The van der Waals surface area contributed by atoms with Gasteiger partial charge in [0.2, 0.25) is 0 Å². The van der Waals surface area contributed by atoms with E-state index in [2.05, 4.69) is 16.0 Å². The second kappa shape index (κ2) is 12.3. The van der Waals surface area contributed by atoms with Crippen LogP contribution in [-0.4, -0.2) is 86.6 Å². The van der Waals surface area contributed by atoms with Crippen molar-refractivity contribution in [1.82, 2.24) is 29.5 Å². The topological polar surface area (TPSA) is 74.6 Å². The maximum absolute atomic E-state index is 14.0. The van der Waals surface area contributed by atoms with Gasteiger partial charge >= 0.3 is 0 Å². The van der Waals surface area contributed by atoms with Crippen molar-refractivity contribution < 1.29 is 9.59 Å². The van der Waals surface area contributed by atoms with Crippen molar-refractivity contribution in [3.63, 3.8) is 0 Å². The van der Waals surface area contributed by atoms with Crippen molar-refractivity contribution in [2.24, 2.45) is 0 Å². The SMILES string of the molecule is O=C(c1nccs1)N1CCN(C2CN(C(=O)c3nn(-c4ccc(Cl)cc4Cl)c4c3CCCC4=Cc3ccc(Cl)cc3)C2)CC1. The van der Waals surface area contributed by atoms with E-state index in [4.69, 9.17) is 39.9 Å². The summed E-state index contributed by atoms with van der Waals surface area (Å²) in [4.78, 5) is 36.9. The van der Waals surface area contributed by atoms with Gasteiger partial charge in [-0.15, -0.1) is 11.3 Å². The highest BCUT2D eigenvalue weighted by Crippen LogP contribution is 2.38. The molecule has 2 aromatic carbocycles. The largest absolute Gasteiger partial charge is 0.334 e. The van der Waals surface area contributed by atoms with Crippen LogP contribution in [0.1, 0.15) is 50.0 Å². The highest BCUT2D eigenvalue weighted by molar-refractivity contribution is 7.11. The lowest BCUT2D eigenvalue weighted by atomic mass is 9.89. The molecule has 4 heterocycles. The standard InChI is InChI=1S/C32H29Cl3N6O2S/c33-22-6-4-20(5-7-22)16-21-2-1-3-25-28(37-41(29(21)25)27-9-8-23(34)17-26(27)35)31(42)40-18-24(19-40)38-11-13-39(14-12-38)32(43)30-36-10-15-44-30/h4-10,15-17,24H,1-3,11-14,18-19H2. The third kappa shape index (κ3) is 5.68. The molecule has 2 saturated heterocycles. The first-order valence-electron chi connectivity index (χ1n) is 14.6. The molecule has 2 amide bonds. The van der Waals surface area contributed by atoms with Crippen LogP contribution in [0.2, 0.25) is 15.1 Å². The predicted molar refractivity (Wildman–Crippen MR) is 175 cm³/mol. The van der Waals surface area contributed by atoms with Crippen LogP contribution in [0.4, 0.5) is 0 Å². The average molecular weight is 668 g/mol. The summed E-state index contributed by atoms with van der Waals surface area (Å²) in [5.74, 6) is -0.0673. The number of piperazine rings is 1. The highest BCUT2D eigenvalue weighted by atomic mass is 35.5. The summed E-state index contributed by atoms with van der Waals surface area (Å²) in [6, 6.07) is 13.3. The first kappa shape index (κ1) is 29.5. The lowest BCUT2D eigenvalue weighted by molar-refractivity contribution is 0.00815. The summed E-state index contributed by atoms with van der Waals surface area (Å²) in [5.41, 5.74) is 5.14. The Bertz CT molecular complexity index is 1740. The van der Waals surface area contributed by atoms with Crippen LogP contribution in [0, 0.1) is 0 Å². The minimum absolute atomic E-state index is 0.00399.